The summed E-state index contributed by atoms with van der Waals surface area (Å²) < 4.78 is 0. The quantitative estimate of drug-likeness (QED) is 0.283. The first kappa shape index (κ1) is 21.7. The fourth-order valence-electron chi connectivity index (χ4n) is 2.85. The van der Waals surface area contributed by atoms with Crippen LogP contribution in [0.25, 0.3) is 0 Å². The second-order valence-corrected chi connectivity index (χ2v) is 6.54. The molecule has 2 nitrogen and oxygen atoms in total. The molecule has 22 heavy (non-hydrogen) atoms. The minimum Gasteiger partial charge on any atom is -0.327 e. The maximum atomic E-state index is 5.55. The van der Waals surface area contributed by atoms with E-state index >= 15 is 0 Å². The summed E-state index contributed by atoms with van der Waals surface area (Å²) in [5, 5.41) is 0. The van der Waals surface area contributed by atoms with E-state index in [1.807, 2.05) is 0 Å². The third-order valence-corrected chi connectivity index (χ3v) is 4.32. The van der Waals surface area contributed by atoms with Crippen LogP contribution in [0.4, 0.5) is 0 Å². The summed E-state index contributed by atoms with van der Waals surface area (Å²) in [6.45, 7) is 8.84. The monoisotopic (exact) mass is 310 g/mol. The second kappa shape index (κ2) is 18.7. The van der Waals surface area contributed by atoms with Crippen molar-refractivity contribution >= 4 is 0 Å². The summed E-state index contributed by atoms with van der Waals surface area (Å²) in [5.74, 6) is 0. The van der Waals surface area contributed by atoms with Crippen LogP contribution in [0.2, 0.25) is 0 Å². The maximum absolute atomic E-state index is 5.55. The Labute approximate surface area is 140 Å². The highest BCUT2D eigenvalue weighted by atomic mass is 15.1. The Hall–Kier alpha value is -0.340. The Bertz CT molecular complexity index is 210. The SMILES string of the molecule is CCCCCCCCN(C/C=C\CN)CCCCCCCC. The number of nitrogens with zero attached hydrogens (tertiary/aromatic N) is 1. The van der Waals surface area contributed by atoms with E-state index in [1.54, 1.807) is 0 Å². The van der Waals surface area contributed by atoms with E-state index < -0.39 is 0 Å². The summed E-state index contributed by atoms with van der Waals surface area (Å²) in [5.41, 5.74) is 5.55. The third-order valence-electron chi connectivity index (χ3n) is 4.32. The number of rotatable bonds is 17. The summed E-state index contributed by atoms with van der Waals surface area (Å²) in [6, 6.07) is 0. The Morgan fingerprint density at radius 3 is 1.55 bits per heavy atom. The van der Waals surface area contributed by atoms with Crippen molar-refractivity contribution in [2.45, 2.75) is 90.9 Å². The Kier molecular flexibility index (Phi) is 18.4. The molecule has 0 aromatic heterocycles. The van der Waals surface area contributed by atoms with Gasteiger partial charge in [0.05, 0.1) is 0 Å². The molecule has 0 rings (SSSR count). The molecule has 0 radical (unpaired) electrons. The fourth-order valence-corrected chi connectivity index (χ4v) is 2.85. The molecule has 0 fully saturated rings. The van der Waals surface area contributed by atoms with Gasteiger partial charge in [0.15, 0.2) is 0 Å². The van der Waals surface area contributed by atoms with E-state index in [4.69, 9.17) is 5.73 Å². The van der Waals surface area contributed by atoms with Crippen molar-refractivity contribution < 1.29 is 0 Å². The molecular formula is C20H42N2. The average Bonchev–Trinajstić information content (AvgIpc) is 2.53. The van der Waals surface area contributed by atoms with Crippen LogP contribution < -0.4 is 5.73 Å². The molecule has 0 aliphatic rings. The lowest BCUT2D eigenvalue weighted by Gasteiger charge is -2.20. The molecule has 0 spiro atoms. The predicted octanol–water partition coefficient (Wildman–Crippen LogP) is 5.52. The Morgan fingerprint density at radius 1 is 0.636 bits per heavy atom. The highest BCUT2D eigenvalue weighted by Crippen LogP contribution is 2.09. The van der Waals surface area contributed by atoms with E-state index in [9.17, 15) is 0 Å². The van der Waals surface area contributed by atoms with Gasteiger partial charge in [0.25, 0.3) is 0 Å². The molecule has 0 aliphatic heterocycles. The highest BCUT2D eigenvalue weighted by molar-refractivity contribution is 4.85. The van der Waals surface area contributed by atoms with E-state index in [0.717, 1.165) is 6.54 Å². The molecule has 0 saturated carbocycles. The van der Waals surface area contributed by atoms with Gasteiger partial charge in [-0.2, -0.15) is 0 Å². The van der Waals surface area contributed by atoms with Crippen LogP contribution in [0, 0.1) is 0 Å². The van der Waals surface area contributed by atoms with Crippen molar-refractivity contribution in [3.63, 3.8) is 0 Å². The van der Waals surface area contributed by atoms with Gasteiger partial charge in [-0.05, 0) is 25.9 Å². The molecule has 0 amide bonds. The molecule has 0 heterocycles. The molecule has 0 aromatic carbocycles. The van der Waals surface area contributed by atoms with Crippen molar-refractivity contribution in [2.75, 3.05) is 26.2 Å². The van der Waals surface area contributed by atoms with Crippen molar-refractivity contribution in [3.8, 4) is 0 Å². The van der Waals surface area contributed by atoms with Crippen molar-refractivity contribution in [1.82, 2.24) is 4.90 Å². The molecule has 0 unspecified atom stereocenters. The van der Waals surface area contributed by atoms with Crippen LogP contribution in [0.3, 0.4) is 0 Å². The van der Waals surface area contributed by atoms with Crippen molar-refractivity contribution in [2.24, 2.45) is 5.73 Å². The Balaban J connectivity index is 3.72. The minimum absolute atomic E-state index is 0.669. The Morgan fingerprint density at radius 2 is 1.09 bits per heavy atom. The summed E-state index contributed by atoms with van der Waals surface area (Å²) in [4.78, 5) is 2.62. The molecule has 132 valence electrons. The van der Waals surface area contributed by atoms with Gasteiger partial charge in [0, 0.05) is 13.1 Å². The average molecular weight is 311 g/mol. The van der Waals surface area contributed by atoms with Gasteiger partial charge in [-0.25, -0.2) is 0 Å². The number of nitrogens with two attached hydrogens (primary N) is 1. The lowest BCUT2D eigenvalue weighted by Crippen LogP contribution is -2.26. The number of hydrogen-bond acceptors (Lipinski definition) is 2. The van der Waals surface area contributed by atoms with E-state index in [0.29, 0.717) is 6.54 Å². The molecule has 0 aromatic rings. The van der Waals surface area contributed by atoms with E-state index in [-0.39, 0.29) is 0 Å². The second-order valence-electron chi connectivity index (χ2n) is 6.54. The van der Waals surface area contributed by atoms with Gasteiger partial charge in [0.1, 0.15) is 0 Å². The molecule has 2 heteroatoms. The third kappa shape index (κ3) is 16.0. The highest BCUT2D eigenvalue weighted by Gasteiger charge is 2.02. The van der Waals surface area contributed by atoms with Gasteiger partial charge >= 0.3 is 0 Å². The topological polar surface area (TPSA) is 29.3 Å². The van der Waals surface area contributed by atoms with Gasteiger partial charge in [-0.3, -0.25) is 4.90 Å². The normalized spacial score (nSPS) is 11.8. The maximum Gasteiger partial charge on any atom is 0.0163 e. The van der Waals surface area contributed by atoms with Gasteiger partial charge in [-0.15, -0.1) is 0 Å². The summed E-state index contributed by atoms with van der Waals surface area (Å²) in [6.07, 6.45) is 21.0. The van der Waals surface area contributed by atoms with Crippen molar-refractivity contribution in [1.29, 1.82) is 0 Å². The van der Waals surface area contributed by atoms with Crippen LogP contribution in [-0.2, 0) is 0 Å². The number of unbranched alkanes of at least 4 members (excludes halogenated alkanes) is 10. The molecule has 0 aliphatic carbocycles. The van der Waals surface area contributed by atoms with Gasteiger partial charge in [0.2, 0.25) is 0 Å². The summed E-state index contributed by atoms with van der Waals surface area (Å²) >= 11 is 0. The van der Waals surface area contributed by atoms with Crippen molar-refractivity contribution in [3.05, 3.63) is 12.2 Å². The van der Waals surface area contributed by atoms with Crippen LogP contribution in [0.5, 0.6) is 0 Å². The zero-order valence-corrected chi connectivity index (χ0v) is 15.5. The van der Waals surface area contributed by atoms with Crippen LogP contribution in [0.15, 0.2) is 12.2 Å². The zero-order valence-electron chi connectivity index (χ0n) is 15.5. The summed E-state index contributed by atoms with van der Waals surface area (Å²) in [7, 11) is 0. The molecule has 2 N–H and O–H groups in total. The zero-order chi connectivity index (χ0) is 16.3. The first-order chi connectivity index (χ1) is 10.8. The minimum atomic E-state index is 0.669. The molecule has 0 saturated heterocycles. The number of hydrogen-bond donors (Lipinski definition) is 1. The van der Waals surface area contributed by atoms with Crippen LogP contribution in [0.1, 0.15) is 90.9 Å². The largest absolute Gasteiger partial charge is 0.327 e. The first-order valence-corrected chi connectivity index (χ1v) is 9.92. The molecule has 0 atom stereocenters. The standard InChI is InChI=1S/C20H42N2/c1-3-5-7-9-11-14-18-22(20-16-13-17-21)19-15-12-10-8-6-4-2/h13,16H,3-12,14-15,17-21H2,1-2H3/b16-13-. The van der Waals surface area contributed by atoms with Gasteiger partial charge < -0.3 is 5.73 Å². The first-order valence-electron chi connectivity index (χ1n) is 9.92. The fraction of sp³-hybridized carbons (Fsp3) is 0.900. The van der Waals surface area contributed by atoms with E-state index in [1.165, 1.54) is 90.1 Å². The molecular weight excluding hydrogens is 268 g/mol. The van der Waals surface area contributed by atoms with Crippen LogP contribution in [-0.4, -0.2) is 31.1 Å². The van der Waals surface area contributed by atoms with Gasteiger partial charge in [-0.1, -0.05) is 90.2 Å². The smallest absolute Gasteiger partial charge is 0.0163 e. The lowest BCUT2D eigenvalue weighted by atomic mass is 10.1. The lowest BCUT2D eigenvalue weighted by molar-refractivity contribution is 0.286. The van der Waals surface area contributed by atoms with Crippen LogP contribution >= 0.6 is 0 Å². The predicted molar refractivity (Wildman–Crippen MR) is 101 cm³/mol. The van der Waals surface area contributed by atoms with E-state index in [2.05, 4.69) is 30.9 Å². The molecule has 0 bridgehead atoms.